The molecule has 0 bridgehead atoms. The van der Waals surface area contributed by atoms with E-state index in [4.69, 9.17) is 21.1 Å². The molecule has 1 heterocycles. The number of aryl methyl sites for hydroxylation is 1. The molecule has 0 spiro atoms. The quantitative estimate of drug-likeness (QED) is 0.938. The molecule has 6 heteroatoms. The minimum Gasteiger partial charge on any atom is -0.493 e. The summed E-state index contributed by atoms with van der Waals surface area (Å²) in [4.78, 5) is 18.4. The Hall–Kier alpha value is -2.01. The van der Waals surface area contributed by atoms with Gasteiger partial charge in [0.2, 0.25) is 0 Å². The third-order valence-corrected chi connectivity index (χ3v) is 2.99. The molecule has 5 nitrogen and oxygen atoms in total. The summed E-state index contributed by atoms with van der Waals surface area (Å²) in [5.74, 6) is 1.33. The molecule has 0 atom stereocenters. The zero-order valence-corrected chi connectivity index (χ0v) is 11.5. The van der Waals surface area contributed by atoms with E-state index in [0.29, 0.717) is 33.6 Å². The van der Waals surface area contributed by atoms with E-state index in [1.807, 2.05) is 0 Å². The van der Waals surface area contributed by atoms with Gasteiger partial charge in [-0.2, -0.15) is 0 Å². The van der Waals surface area contributed by atoms with Gasteiger partial charge in [-0.15, -0.1) is 0 Å². The van der Waals surface area contributed by atoms with Crippen molar-refractivity contribution in [3.63, 3.8) is 0 Å². The lowest BCUT2D eigenvalue weighted by atomic mass is 10.1. The molecule has 0 saturated carbocycles. The van der Waals surface area contributed by atoms with Crippen molar-refractivity contribution in [1.82, 2.24) is 9.97 Å². The van der Waals surface area contributed by atoms with Crippen LogP contribution in [0.4, 0.5) is 0 Å². The van der Waals surface area contributed by atoms with Crippen molar-refractivity contribution in [1.29, 1.82) is 0 Å². The molecule has 0 saturated heterocycles. The van der Waals surface area contributed by atoms with Crippen LogP contribution in [0.5, 0.6) is 11.5 Å². The molecule has 19 heavy (non-hydrogen) atoms. The highest BCUT2D eigenvalue weighted by molar-refractivity contribution is 6.35. The Balaban J connectivity index is 2.66. The molecule has 1 N–H and O–H groups in total. The van der Waals surface area contributed by atoms with Crippen molar-refractivity contribution in [3.05, 3.63) is 39.3 Å². The number of hydrogen-bond acceptors (Lipinski definition) is 4. The highest BCUT2D eigenvalue weighted by Crippen LogP contribution is 2.40. The number of benzene rings is 1. The fraction of sp³-hybridized carbons (Fsp3) is 0.231. The summed E-state index contributed by atoms with van der Waals surface area (Å²) < 4.78 is 10.4. The van der Waals surface area contributed by atoms with Crippen LogP contribution in [0.1, 0.15) is 5.69 Å². The number of aromatic nitrogens is 2. The van der Waals surface area contributed by atoms with E-state index in [0.717, 1.165) is 0 Å². The Morgan fingerprint density at radius 1 is 1.26 bits per heavy atom. The number of ether oxygens (including phenoxy) is 2. The van der Waals surface area contributed by atoms with Gasteiger partial charge in [0.05, 0.1) is 19.2 Å². The third kappa shape index (κ3) is 2.56. The van der Waals surface area contributed by atoms with Gasteiger partial charge >= 0.3 is 0 Å². The van der Waals surface area contributed by atoms with Gasteiger partial charge in [-0.05, 0) is 19.1 Å². The SMILES string of the molecule is COc1ccc(-c2nc(C)cc(=O)[nH]2)c(Cl)c1OC. The Labute approximate surface area is 115 Å². The maximum atomic E-state index is 11.5. The molecule has 100 valence electrons. The second-order valence-corrected chi connectivity index (χ2v) is 4.28. The molecule has 0 aliphatic rings. The van der Waals surface area contributed by atoms with E-state index in [-0.39, 0.29) is 5.56 Å². The molecule has 2 aromatic rings. The van der Waals surface area contributed by atoms with Crippen molar-refractivity contribution in [2.24, 2.45) is 0 Å². The van der Waals surface area contributed by atoms with E-state index in [1.54, 1.807) is 19.1 Å². The summed E-state index contributed by atoms with van der Waals surface area (Å²) in [5, 5.41) is 0.343. The summed E-state index contributed by atoms with van der Waals surface area (Å²) in [7, 11) is 3.03. The van der Waals surface area contributed by atoms with E-state index >= 15 is 0 Å². The van der Waals surface area contributed by atoms with Crippen LogP contribution in [0.3, 0.4) is 0 Å². The highest BCUT2D eigenvalue weighted by Gasteiger charge is 2.15. The van der Waals surface area contributed by atoms with Crippen molar-refractivity contribution in [2.45, 2.75) is 6.92 Å². The van der Waals surface area contributed by atoms with Gasteiger partial charge < -0.3 is 14.5 Å². The van der Waals surface area contributed by atoms with Gasteiger partial charge in [0, 0.05) is 17.3 Å². The lowest BCUT2D eigenvalue weighted by Gasteiger charge is -2.12. The number of halogens is 1. The van der Waals surface area contributed by atoms with Gasteiger partial charge in [-0.25, -0.2) is 4.98 Å². The van der Waals surface area contributed by atoms with Crippen molar-refractivity contribution in [2.75, 3.05) is 14.2 Å². The summed E-state index contributed by atoms with van der Waals surface area (Å²) in [6, 6.07) is 4.85. The Kier molecular flexibility index (Phi) is 3.76. The summed E-state index contributed by atoms with van der Waals surface area (Å²) >= 11 is 6.27. The molecular weight excluding hydrogens is 268 g/mol. The van der Waals surface area contributed by atoms with Crippen molar-refractivity contribution >= 4 is 11.6 Å². The minimum atomic E-state index is -0.228. The highest BCUT2D eigenvalue weighted by atomic mass is 35.5. The van der Waals surface area contributed by atoms with E-state index < -0.39 is 0 Å². The Morgan fingerprint density at radius 3 is 2.58 bits per heavy atom. The topological polar surface area (TPSA) is 64.2 Å². The average Bonchev–Trinajstić information content (AvgIpc) is 2.36. The maximum Gasteiger partial charge on any atom is 0.251 e. The van der Waals surface area contributed by atoms with Crippen LogP contribution in [-0.2, 0) is 0 Å². The van der Waals surface area contributed by atoms with Crippen LogP contribution < -0.4 is 15.0 Å². The molecule has 0 unspecified atom stereocenters. The van der Waals surface area contributed by atoms with E-state index in [1.165, 1.54) is 20.3 Å². The maximum absolute atomic E-state index is 11.5. The predicted octanol–water partition coefficient (Wildman–Crippen LogP) is 2.42. The van der Waals surface area contributed by atoms with Crippen LogP contribution in [-0.4, -0.2) is 24.2 Å². The monoisotopic (exact) mass is 280 g/mol. The minimum absolute atomic E-state index is 0.228. The molecular formula is C13H13ClN2O3. The first kappa shape index (κ1) is 13.4. The zero-order chi connectivity index (χ0) is 14.0. The third-order valence-electron chi connectivity index (χ3n) is 2.61. The number of rotatable bonds is 3. The molecule has 0 fully saturated rings. The first-order valence-electron chi connectivity index (χ1n) is 5.55. The van der Waals surface area contributed by atoms with Crippen molar-refractivity contribution in [3.8, 4) is 22.9 Å². The van der Waals surface area contributed by atoms with Crippen molar-refractivity contribution < 1.29 is 9.47 Å². The standard InChI is InChI=1S/C13H13ClN2O3/c1-7-6-10(17)16-13(15-7)8-4-5-9(18-2)12(19-3)11(8)14/h4-6H,1-3H3,(H,15,16,17). The van der Waals surface area contributed by atoms with Gasteiger partial charge in [-0.1, -0.05) is 11.6 Å². The smallest absolute Gasteiger partial charge is 0.251 e. The van der Waals surface area contributed by atoms with E-state index in [9.17, 15) is 4.79 Å². The molecule has 0 radical (unpaired) electrons. The molecule has 0 amide bonds. The molecule has 1 aromatic carbocycles. The number of aromatic amines is 1. The molecule has 2 rings (SSSR count). The fourth-order valence-electron chi connectivity index (χ4n) is 1.78. The number of hydrogen-bond donors (Lipinski definition) is 1. The van der Waals surface area contributed by atoms with E-state index in [2.05, 4.69) is 9.97 Å². The molecule has 0 aliphatic carbocycles. The van der Waals surface area contributed by atoms with Gasteiger partial charge in [0.25, 0.3) is 5.56 Å². The number of nitrogens with one attached hydrogen (secondary N) is 1. The van der Waals surface area contributed by atoms with Gasteiger partial charge in [0.1, 0.15) is 5.82 Å². The van der Waals surface area contributed by atoms with Crippen LogP contribution in [0, 0.1) is 6.92 Å². The molecule has 0 aliphatic heterocycles. The summed E-state index contributed by atoms with van der Waals surface area (Å²) in [6.07, 6.45) is 0. The Bertz CT molecular complexity index is 667. The zero-order valence-electron chi connectivity index (χ0n) is 10.8. The lowest BCUT2D eigenvalue weighted by Crippen LogP contribution is -2.09. The van der Waals surface area contributed by atoms with Gasteiger partial charge in [0.15, 0.2) is 11.5 Å². The van der Waals surface area contributed by atoms with Crippen LogP contribution in [0.15, 0.2) is 23.0 Å². The summed E-state index contributed by atoms with van der Waals surface area (Å²) in [5.41, 5.74) is 0.970. The number of nitrogens with zero attached hydrogens (tertiary/aromatic N) is 1. The van der Waals surface area contributed by atoms with Crippen LogP contribution >= 0.6 is 11.6 Å². The largest absolute Gasteiger partial charge is 0.493 e. The van der Waals surface area contributed by atoms with Crippen LogP contribution in [0.2, 0.25) is 5.02 Å². The second kappa shape index (κ2) is 5.32. The fourth-order valence-corrected chi connectivity index (χ4v) is 2.10. The first-order chi connectivity index (χ1) is 9.06. The number of methoxy groups -OCH3 is 2. The number of H-pyrrole nitrogens is 1. The lowest BCUT2D eigenvalue weighted by molar-refractivity contribution is 0.355. The summed E-state index contributed by atoms with van der Waals surface area (Å²) in [6.45, 7) is 1.74. The Morgan fingerprint density at radius 2 is 2.00 bits per heavy atom. The molecule has 1 aromatic heterocycles. The average molecular weight is 281 g/mol. The van der Waals surface area contributed by atoms with Gasteiger partial charge in [-0.3, -0.25) is 4.79 Å². The van der Waals surface area contributed by atoms with Crippen LogP contribution in [0.25, 0.3) is 11.4 Å². The predicted molar refractivity (Wildman–Crippen MR) is 73.1 cm³/mol. The first-order valence-corrected chi connectivity index (χ1v) is 5.93. The normalized spacial score (nSPS) is 10.3. The second-order valence-electron chi connectivity index (χ2n) is 3.90.